The zero-order chi connectivity index (χ0) is 20.0. The summed E-state index contributed by atoms with van der Waals surface area (Å²) in [4.78, 5) is 36.9. The van der Waals surface area contributed by atoms with Crippen molar-refractivity contribution in [3.63, 3.8) is 0 Å². The molecule has 0 bridgehead atoms. The number of aromatic nitrogens is 1. The van der Waals surface area contributed by atoms with Crippen molar-refractivity contribution in [2.75, 3.05) is 18.5 Å². The quantitative estimate of drug-likeness (QED) is 0.712. The number of carbonyl (C=O) groups is 2. The summed E-state index contributed by atoms with van der Waals surface area (Å²) in [5.74, 6) is -0.908. The van der Waals surface area contributed by atoms with Crippen molar-refractivity contribution in [3.8, 4) is 5.75 Å². The average molecular weight is 383 g/mol. The van der Waals surface area contributed by atoms with Crippen LogP contribution in [0.25, 0.3) is 0 Å². The molecule has 0 saturated heterocycles. The molecule has 0 radical (unpaired) electrons. The van der Waals surface area contributed by atoms with Gasteiger partial charge in [0.05, 0.1) is 0 Å². The molecule has 1 aromatic heterocycles. The van der Waals surface area contributed by atoms with Crippen molar-refractivity contribution in [2.45, 2.75) is 13.1 Å². The van der Waals surface area contributed by atoms with E-state index < -0.39 is 28.9 Å². The molecule has 7 nitrogen and oxygen atoms in total. The van der Waals surface area contributed by atoms with Crippen LogP contribution in [0, 0.1) is 0 Å². The van der Waals surface area contributed by atoms with E-state index in [1.54, 1.807) is 24.0 Å². The number of hydrogen-bond donors (Lipinski definition) is 3. The Morgan fingerprint density at radius 1 is 1.19 bits per heavy atom. The van der Waals surface area contributed by atoms with E-state index in [0.29, 0.717) is 18.4 Å². The molecule has 27 heavy (non-hydrogen) atoms. The molecule has 2 aromatic rings. The molecule has 0 atom stereocenters. The zero-order valence-corrected chi connectivity index (χ0v) is 14.1. The molecule has 10 heteroatoms. The Kier molecular flexibility index (Phi) is 6.22. The monoisotopic (exact) mass is 383 g/mol. The summed E-state index contributed by atoms with van der Waals surface area (Å²) < 4.78 is 42.9. The number of H-pyrrole nitrogens is 1. The van der Waals surface area contributed by atoms with Crippen LogP contribution in [-0.2, 0) is 11.0 Å². The van der Waals surface area contributed by atoms with Crippen LogP contribution < -0.4 is 20.9 Å². The number of aromatic amines is 1. The van der Waals surface area contributed by atoms with E-state index in [1.165, 1.54) is 12.1 Å². The van der Waals surface area contributed by atoms with Crippen LogP contribution in [0.4, 0.5) is 18.9 Å². The molecule has 0 spiro atoms. The number of carbonyl (C=O) groups excluding carboxylic acids is 2. The molecular formula is C17H16F3N3O4. The Labute approximate surface area is 151 Å². The molecule has 3 N–H and O–H groups in total. The predicted molar refractivity (Wildman–Crippen MR) is 90.6 cm³/mol. The molecule has 0 unspecified atom stereocenters. The summed E-state index contributed by atoms with van der Waals surface area (Å²) in [7, 11) is 0. The van der Waals surface area contributed by atoms with Gasteiger partial charge >= 0.3 is 6.18 Å². The fourth-order valence-electron chi connectivity index (χ4n) is 2.08. The molecule has 2 rings (SSSR count). The summed E-state index contributed by atoms with van der Waals surface area (Å²) in [5.41, 5.74) is -2.64. The number of hydrogen-bond acceptors (Lipinski definition) is 4. The van der Waals surface area contributed by atoms with Crippen molar-refractivity contribution in [3.05, 3.63) is 58.0 Å². The van der Waals surface area contributed by atoms with Gasteiger partial charge in [-0.25, -0.2) is 0 Å². The minimum atomic E-state index is -4.72. The first kappa shape index (κ1) is 20.0. The molecule has 0 saturated carbocycles. The molecule has 1 heterocycles. The van der Waals surface area contributed by atoms with Gasteiger partial charge in [-0.1, -0.05) is 6.07 Å². The largest absolute Gasteiger partial charge is 0.484 e. The molecule has 0 aliphatic carbocycles. The van der Waals surface area contributed by atoms with Crippen molar-refractivity contribution in [2.24, 2.45) is 0 Å². The Morgan fingerprint density at radius 2 is 1.93 bits per heavy atom. The van der Waals surface area contributed by atoms with Crippen molar-refractivity contribution < 1.29 is 27.5 Å². The third kappa shape index (κ3) is 5.59. The van der Waals surface area contributed by atoms with Crippen molar-refractivity contribution >= 4 is 17.5 Å². The van der Waals surface area contributed by atoms with Crippen LogP contribution in [-0.4, -0.2) is 29.9 Å². The smallest absolute Gasteiger partial charge is 0.431 e. The van der Waals surface area contributed by atoms with Gasteiger partial charge in [0.15, 0.2) is 6.61 Å². The van der Waals surface area contributed by atoms with E-state index in [9.17, 15) is 27.6 Å². The van der Waals surface area contributed by atoms with Gasteiger partial charge in [0.2, 0.25) is 0 Å². The zero-order valence-electron chi connectivity index (χ0n) is 14.1. The lowest BCUT2D eigenvalue weighted by molar-refractivity contribution is -0.141. The van der Waals surface area contributed by atoms with Gasteiger partial charge in [-0.3, -0.25) is 14.4 Å². The first-order valence-corrected chi connectivity index (χ1v) is 7.82. The van der Waals surface area contributed by atoms with E-state index in [0.717, 1.165) is 6.07 Å². The summed E-state index contributed by atoms with van der Waals surface area (Å²) in [6.07, 6.45) is -4.72. The van der Waals surface area contributed by atoms with Gasteiger partial charge in [0.1, 0.15) is 17.0 Å². The molecule has 0 aliphatic heterocycles. The Morgan fingerprint density at radius 3 is 2.56 bits per heavy atom. The van der Waals surface area contributed by atoms with Gasteiger partial charge in [-0.15, -0.1) is 0 Å². The van der Waals surface area contributed by atoms with Crippen LogP contribution >= 0.6 is 0 Å². The van der Waals surface area contributed by atoms with E-state index in [1.807, 2.05) is 0 Å². The summed E-state index contributed by atoms with van der Waals surface area (Å²) in [6.45, 7) is 2.00. The first-order chi connectivity index (χ1) is 12.7. The Hall–Kier alpha value is -3.30. The van der Waals surface area contributed by atoms with Crippen LogP contribution in [0.3, 0.4) is 0 Å². The Bertz CT molecular complexity index is 893. The second-order valence-corrected chi connectivity index (χ2v) is 5.34. The van der Waals surface area contributed by atoms with Crippen LogP contribution in [0.15, 0.2) is 41.2 Å². The average Bonchev–Trinajstić information content (AvgIpc) is 2.59. The van der Waals surface area contributed by atoms with Gasteiger partial charge in [0.25, 0.3) is 17.4 Å². The second kappa shape index (κ2) is 8.39. The van der Waals surface area contributed by atoms with Crippen molar-refractivity contribution in [1.82, 2.24) is 10.3 Å². The lowest BCUT2D eigenvalue weighted by atomic mass is 10.2. The standard InChI is InChI=1S/C17H16F3N3O4/c1-2-21-14(24)9-27-11-5-3-4-10(8-11)22-15(25)12-6-7-13(17(18,19)20)23-16(12)26/h3-8H,2,9H2,1H3,(H,21,24)(H,22,25)(H,23,26). The first-order valence-electron chi connectivity index (χ1n) is 7.82. The number of nitrogens with one attached hydrogen (secondary N) is 3. The highest BCUT2D eigenvalue weighted by Crippen LogP contribution is 2.26. The predicted octanol–water partition coefficient (Wildman–Crippen LogP) is 2.16. The molecule has 0 aliphatic rings. The van der Waals surface area contributed by atoms with Gasteiger partial charge in [0, 0.05) is 18.3 Å². The number of benzene rings is 1. The van der Waals surface area contributed by atoms with E-state index in [2.05, 4.69) is 10.6 Å². The number of likely N-dealkylation sites (N-methyl/N-ethyl adjacent to an activating group) is 1. The minimum Gasteiger partial charge on any atom is -0.484 e. The van der Waals surface area contributed by atoms with Gasteiger partial charge in [-0.05, 0) is 31.2 Å². The van der Waals surface area contributed by atoms with Crippen LogP contribution in [0.1, 0.15) is 23.0 Å². The topological polar surface area (TPSA) is 100 Å². The SMILES string of the molecule is CCNC(=O)COc1cccc(NC(=O)c2ccc(C(F)(F)F)[nH]c2=O)c1. The number of rotatable bonds is 6. The molecular weight excluding hydrogens is 367 g/mol. The summed E-state index contributed by atoms with van der Waals surface area (Å²) in [5, 5.41) is 4.94. The number of pyridine rings is 1. The van der Waals surface area contributed by atoms with E-state index in [-0.39, 0.29) is 18.2 Å². The fourth-order valence-corrected chi connectivity index (χ4v) is 2.08. The van der Waals surface area contributed by atoms with E-state index >= 15 is 0 Å². The van der Waals surface area contributed by atoms with Crippen LogP contribution in [0.5, 0.6) is 5.75 Å². The maximum Gasteiger partial charge on any atom is 0.431 e. The minimum absolute atomic E-state index is 0.218. The number of ether oxygens (including phenoxy) is 1. The maximum atomic E-state index is 12.6. The fraction of sp³-hybridized carbons (Fsp3) is 0.235. The lowest BCUT2D eigenvalue weighted by Gasteiger charge is -2.10. The van der Waals surface area contributed by atoms with Crippen molar-refractivity contribution in [1.29, 1.82) is 0 Å². The maximum absolute atomic E-state index is 12.6. The van der Waals surface area contributed by atoms with Gasteiger partial charge < -0.3 is 20.4 Å². The Balaban J connectivity index is 2.09. The molecule has 2 amide bonds. The molecule has 144 valence electrons. The lowest BCUT2D eigenvalue weighted by Crippen LogP contribution is -2.28. The second-order valence-electron chi connectivity index (χ2n) is 5.34. The van der Waals surface area contributed by atoms with Gasteiger partial charge in [-0.2, -0.15) is 13.2 Å². The number of amides is 2. The van der Waals surface area contributed by atoms with Crippen LogP contribution in [0.2, 0.25) is 0 Å². The molecule has 1 aromatic carbocycles. The highest BCUT2D eigenvalue weighted by atomic mass is 19.4. The molecule has 0 fully saturated rings. The third-order valence-electron chi connectivity index (χ3n) is 3.30. The normalized spacial score (nSPS) is 11.0. The highest BCUT2D eigenvalue weighted by Gasteiger charge is 2.32. The number of halogens is 3. The highest BCUT2D eigenvalue weighted by molar-refractivity contribution is 6.04. The number of anilines is 1. The number of alkyl halides is 3. The third-order valence-corrected chi connectivity index (χ3v) is 3.30. The summed E-state index contributed by atoms with van der Waals surface area (Å²) in [6, 6.07) is 7.42. The van der Waals surface area contributed by atoms with E-state index in [4.69, 9.17) is 4.74 Å². The summed E-state index contributed by atoms with van der Waals surface area (Å²) >= 11 is 0.